The van der Waals surface area contributed by atoms with E-state index in [1.807, 2.05) is 0 Å². The summed E-state index contributed by atoms with van der Waals surface area (Å²) in [5.41, 5.74) is -0.0505. The standard InChI is InChI=1S/C8H11N3O3.ClH/c12-6-2-5-10-8-7(11(13)14)3-1-4-9-8;/h1,3-4,12H,2,5-6H2,(H,9,10);1H. The summed E-state index contributed by atoms with van der Waals surface area (Å²) >= 11 is 0. The van der Waals surface area contributed by atoms with Gasteiger partial charge in [0.1, 0.15) is 0 Å². The van der Waals surface area contributed by atoms with E-state index in [-0.39, 0.29) is 30.5 Å². The SMILES string of the molecule is Cl.O=[N+]([O-])c1cccnc1NCCCO. The van der Waals surface area contributed by atoms with Crippen LogP contribution in [0.1, 0.15) is 6.42 Å². The van der Waals surface area contributed by atoms with Gasteiger partial charge in [-0.2, -0.15) is 0 Å². The van der Waals surface area contributed by atoms with E-state index in [1.165, 1.54) is 18.3 Å². The fourth-order valence-corrected chi connectivity index (χ4v) is 0.966. The van der Waals surface area contributed by atoms with Crippen LogP contribution in [0.5, 0.6) is 0 Å². The maximum absolute atomic E-state index is 10.5. The molecule has 0 saturated heterocycles. The zero-order valence-electron chi connectivity index (χ0n) is 7.92. The van der Waals surface area contributed by atoms with Crippen LogP contribution in [0.15, 0.2) is 18.3 Å². The molecule has 1 aromatic rings. The normalized spacial score (nSPS) is 9.13. The zero-order chi connectivity index (χ0) is 10.4. The van der Waals surface area contributed by atoms with Gasteiger partial charge in [0.05, 0.1) is 4.92 Å². The number of hydrogen-bond donors (Lipinski definition) is 2. The maximum Gasteiger partial charge on any atom is 0.311 e. The van der Waals surface area contributed by atoms with E-state index >= 15 is 0 Å². The highest BCUT2D eigenvalue weighted by Crippen LogP contribution is 2.19. The van der Waals surface area contributed by atoms with Crippen molar-refractivity contribution in [2.45, 2.75) is 6.42 Å². The van der Waals surface area contributed by atoms with Gasteiger partial charge in [-0.1, -0.05) is 0 Å². The van der Waals surface area contributed by atoms with Gasteiger partial charge in [0, 0.05) is 25.4 Å². The van der Waals surface area contributed by atoms with Crippen LogP contribution in [0.2, 0.25) is 0 Å². The molecule has 0 amide bonds. The molecule has 7 heteroatoms. The molecule has 0 bridgehead atoms. The van der Waals surface area contributed by atoms with Crippen LogP contribution in [0.3, 0.4) is 0 Å². The van der Waals surface area contributed by atoms with Crippen LogP contribution in [0.25, 0.3) is 0 Å². The van der Waals surface area contributed by atoms with Crippen molar-refractivity contribution in [2.24, 2.45) is 0 Å². The maximum atomic E-state index is 10.5. The number of hydrogen-bond acceptors (Lipinski definition) is 5. The molecular formula is C8H12ClN3O3. The molecule has 0 radical (unpaired) electrons. The van der Waals surface area contributed by atoms with E-state index in [4.69, 9.17) is 5.11 Å². The molecule has 0 spiro atoms. The van der Waals surface area contributed by atoms with Crippen LogP contribution < -0.4 is 5.32 Å². The lowest BCUT2D eigenvalue weighted by Crippen LogP contribution is -2.07. The largest absolute Gasteiger partial charge is 0.396 e. The first-order valence-corrected chi connectivity index (χ1v) is 4.20. The first-order valence-electron chi connectivity index (χ1n) is 4.20. The Labute approximate surface area is 92.9 Å². The fraction of sp³-hybridized carbons (Fsp3) is 0.375. The van der Waals surface area contributed by atoms with Crippen molar-refractivity contribution in [3.63, 3.8) is 0 Å². The van der Waals surface area contributed by atoms with Crippen molar-refractivity contribution in [1.82, 2.24) is 4.98 Å². The van der Waals surface area contributed by atoms with Crippen molar-refractivity contribution in [3.05, 3.63) is 28.4 Å². The van der Waals surface area contributed by atoms with Crippen molar-refractivity contribution < 1.29 is 10.0 Å². The summed E-state index contributed by atoms with van der Waals surface area (Å²) in [7, 11) is 0. The van der Waals surface area contributed by atoms with Crippen molar-refractivity contribution in [3.8, 4) is 0 Å². The number of aliphatic hydroxyl groups excluding tert-OH is 1. The van der Waals surface area contributed by atoms with Crippen LogP contribution in [0, 0.1) is 10.1 Å². The summed E-state index contributed by atoms with van der Waals surface area (Å²) in [6.45, 7) is 0.516. The minimum Gasteiger partial charge on any atom is -0.396 e. The molecular weight excluding hydrogens is 222 g/mol. The zero-order valence-corrected chi connectivity index (χ0v) is 8.74. The van der Waals surface area contributed by atoms with Crippen molar-refractivity contribution in [2.75, 3.05) is 18.5 Å². The summed E-state index contributed by atoms with van der Waals surface area (Å²) in [6, 6.07) is 2.89. The number of aliphatic hydroxyl groups is 1. The first kappa shape index (κ1) is 13.6. The molecule has 0 aliphatic heterocycles. The number of nitrogens with zero attached hydrogens (tertiary/aromatic N) is 2. The van der Waals surface area contributed by atoms with Gasteiger partial charge in [-0.05, 0) is 12.5 Å². The van der Waals surface area contributed by atoms with E-state index in [0.717, 1.165) is 0 Å². The minimum atomic E-state index is -0.492. The second-order valence-electron chi connectivity index (χ2n) is 2.63. The molecule has 6 nitrogen and oxygen atoms in total. The Kier molecular flexibility index (Phi) is 6.32. The molecule has 0 aliphatic rings. The van der Waals surface area contributed by atoms with Gasteiger partial charge in [0.2, 0.25) is 5.82 Å². The van der Waals surface area contributed by atoms with E-state index in [2.05, 4.69) is 10.3 Å². The Bertz CT molecular complexity index is 322. The van der Waals surface area contributed by atoms with Crippen molar-refractivity contribution >= 4 is 23.9 Å². The molecule has 0 saturated carbocycles. The van der Waals surface area contributed by atoms with Crippen LogP contribution in [-0.4, -0.2) is 28.2 Å². The molecule has 0 atom stereocenters. The third-order valence-corrected chi connectivity index (χ3v) is 1.61. The monoisotopic (exact) mass is 233 g/mol. The van der Waals surface area contributed by atoms with Gasteiger partial charge < -0.3 is 10.4 Å². The Morgan fingerprint density at radius 2 is 2.33 bits per heavy atom. The van der Waals surface area contributed by atoms with Gasteiger partial charge in [0.15, 0.2) is 0 Å². The molecule has 1 aromatic heterocycles. The second kappa shape index (κ2) is 6.97. The Morgan fingerprint density at radius 3 is 2.93 bits per heavy atom. The molecule has 84 valence electrons. The summed E-state index contributed by atoms with van der Waals surface area (Å²) in [4.78, 5) is 13.9. The average Bonchev–Trinajstić information content (AvgIpc) is 2.19. The Morgan fingerprint density at radius 1 is 1.60 bits per heavy atom. The Balaban J connectivity index is 0.00000196. The lowest BCUT2D eigenvalue weighted by Gasteiger charge is -2.03. The fourth-order valence-electron chi connectivity index (χ4n) is 0.966. The predicted molar refractivity (Wildman–Crippen MR) is 58.3 cm³/mol. The lowest BCUT2D eigenvalue weighted by atomic mass is 10.3. The van der Waals surface area contributed by atoms with Gasteiger partial charge in [-0.3, -0.25) is 10.1 Å². The lowest BCUT2D eigenvalue weighted by molar-refractivity contribution is -0.384. The molecule has 0 aliphatic carbocycles. The van der Waals surface area contributed by atoms with Crippen LogP contribution >= 0.6 is 12.4 Å². The second-order valence-corrected chi connectivity index (χ2v) is 2.63. The molecule has 0 fully saturated rings. The van der Waals surface area contributed by atoms with E-state index in [9.17, 15) is 10.1 Å². The molecule has 1 heterocycles. The van der Waals surface area contributed by atoms with Gasteiger partial charge in [-0.25, -0.2) is 4.98 Å². The number of nitro groups is 1. The highest BCUT2D eigenvalue weighted by Gasteiger charge is 2.12. The number of rotatable bonds is 5. The summed E-state index contributed by atoms with van der Waals surface area (Å²) in [5.74, 6) is 0.242. The molecule has 0 unspecified atom stereocenters. The van der Waals surface area contributed by atoms with Gasteiger partial charge in [-0.15, -0.1) is 12.4 Å². The number of aromatic nitrogens is 1. The summed E-state index contributed by atoms with van der Waals surface area (Å²) in [6.07, 6.45) is 2.02. The number of halogens is 1. The third kappa shape index (κ3) is 4.09. The van der Waals surface area contributed by atoms with Gasteiger partial charge in [0.25, 0.3) is 0 Å². The van der Waals surface area contributed by atoms with E-state index in [1.54, 1.807) is 0 Å². The predicted octanol–water partition coefficient (Wildman–Crippen LogP) is 1.21. The molecule has 2 N–H and O–H groups in total. The smallest absolute Gasteiger partial charge is 0.311 e. The number of nitrogens with one attached hydrogen (secondary N) is 1. The van der Waals surface area contributed by atoms with Crippen molar-refractivity contribution in [1.29, 1.82) is 0 Å². The highest BCUT2D eigenvalue weighted by molar-refractivity contribution is 5.85. The van der Waals surface area contributed by atoms with Crippen LogP contribution in [-0.2, 0) is 0 Å². The van der Waals surface area contributed by atoms with E-state index in [0.29, 0.717) is 13.0 Å². The molecule has 1 rings (SSSR count). The average molecular weight is 234 g/mol. The quantitative estimate of drug-likeness (QED) is 0.453. The minimum absolute atomic E-state index is 0. The highest BCUT2D eigenvalue weighted by atomic mass is 35.5. The molecule has 0 aromatic carbocycles. The Hall–Kier alpha value is -1.40. The topological polar surface area (TPSA) is 88.3 Å². The van der Waals surface area contributed by atoms with Crippen LogP contribution in [0.4, 0.5) is 11.5 Å². The third-order valence-electron chi connectivity index (χ3n) is 1.61. The summed E-state index contributed by atoms with van der Waals surface area (Å²) in [5, 5.41) is 21.8. The van der Waals surface area contributed by atoms with E-state index < -0.39 is 4.92 Å². The number of pyridine rings is 1. The first-order chi connectivity index (χ1) is 6.75. The number of anilines is 1. The summed E-state index contributed by atoms with van der Waals surface area (Å²) < 4.78 is 0. The van der Waals surface area contributed by atoms with Gasteiger partial charge >= 0.3 is 5.69 Å². The molecule has 15 heavy (non-hydrogen) atoms.